The van der Waals surface area contributed by atoms with Crippen LogP contribution >= 0.6 is 0 Å². The van der Waals surface area contributed by atoms with E-state index >= 15 is 0 Å². The number of rotatable bonds is 5. The zero-order valence-corrected chi connectivity index (χ0v) is 18.0. The van der Waals surface area contributed by atoms with E-state index in [0.717, 1.165) is 48.2 Å². The third-order valence-electron chi connectivity index (χ3n) is 6.28. The zero-order chi connectivity index (χ0) is 21.8. The molecule has 2 aliphatic rings. The second-order valence-electron chi connectivity index (χ2n) is 8.47. The lowest BCUT2D eigenvalue weighted by Gasteiger charge is -2.25. The summed E-state index contributed by atoms with van der Waals surface area (Å²) in [4.78, 5) is 32.5. The van der Waals surface area contributed by atoms with Crippen LogP contribution in [0, 0.1) is 5.92 Å². The van der Waals surface area contributed by atoms with Crippen LogP contribution < -0.4 is 16.0 Å². The van der Waals surface area contributed by atoms with Crippen LogP contribution in [0.1, 0.15) is 43.2 Å². The van der Waals surface area contributed by atoms with E-state index in [2.05, 4.69) is 5.32 Å². The highest BCUT2D eigenvalue weighted by atomic mass is 16.2. The van der Waals surface area contributed by atoms with E-state index in [1.54, 1.807) is 11.9 Å². The summed E-state index contributed by atoms with van der Waals surface area (Å²) in [6.07, 6.45) is 5.10. The van der Waals surface area contributed by atoms with Gasteiger partial charge in [0.1, 0.15) is 0 Å². The highest BCUT2D eigenvalue weighted by Gasteiger charge is 2.34. The normalized spacial score (nSPS) is 20.5. The Morgan fingerprint density at radius 3 is 2.52 bits per heavy atom. The molecule has 2 aromatic rings. The van der Waals surface area contributed by atoms with Crippen molar-refractivity contribution in [3.8, 4) is 0 Å². The molecule has 162 valence electrons. The van der Waals surface area contributed by atoms with Gasteiger partial charge in [-0.3, -0.25) is 14.6 Å². The van der Waals surface area contributed by atoms with Gasteiger partial charge in [-0.05, 0) is 30.9 Å². The summed E-state index contributed by atoms with van der Waals surface area (Å²) in [5.74, 6) is -0.321. The molecule has 4 rings (SSSR count). The smallest absolute Gasteiger partial charge is 0.272 e. The quantitative estimate of drug-likeness (QED) is 0.782. The number of nitrogens with zero attached hydrogens (tertiary/aromatic N) is 2. The van der Waals surface area contributed by atoms with E-state index in [9.17, 15) is 9.59 Å². The van der Waals surface area contributed by atoms with E-state index in [1.165, 1.54) is 6.42 Å². The van der Waals surface area contributed by atoms with Crippen LogP contribution in [0.5, 0.6) is 0 Å². The lowest BCUT2D eigenvalue weighted by Crippen LogP contribution is -2.51. The topological polar surface area (TPSA) is 87.8 Å². The summed E-state index contributed by atoms with van der Waals surface area (Å²) in [6.45, 7) is 0. The second kappa shape index (κ2) is 9.43. The van der Waals surface area contributed by atoms with E-state index in [0.29, 0.717) is 12.3 Å². The summed E-state index contributed by atoms with van der Waals surface area (Å²) in [5.41, 5.74) is 9.88. The number of likely N-dealkylation sites (N-methyl/N-ethyl adjacent to an activating group) is 1. The van der Waals surface area contributed by atoms with Crippen LogP contribution in [0.25, 0.3) is 0 Å². The fourth-order valence-electron chi connectivity index (χ4n) is 4.55. The van der Waals surface area contributed by atoms with Crippen molar-refractivity contribution < 1.29 is 9.59 Å². The standard InChI is InChI=1S/C25H30N4O2/c1-29-21-15-9-8-14-19(21)22(18-12-6-3-7-13-18)27-23(25(29)31)28-24(30)20(26)16-17-10-4-2-5-11-17/h2,4-5,8-11,14-15,18,20,23H,3,6-7,12-13,16,26H2,1H3,(H,28,30)/t20-,23-/m1/s1. The van der Waals surface area contributed by atoms with Crippen molar-refractivity contribution in [3.05, 3.63) is 65.7 Å². The Bertz CT molecular complexity index is 966. The molecule has 3 N–H and O–H groups in total. The first-order valence-electron chi connectivity index (χ1n) is 11.1. The van der Waals surface area contributed by atoms with Gasteiger partial charge in [0.15, 0.2) is 0 Å². The number of benzodiazepines with no additional fused rings is 1. The number of carbonyl (C=O) groups excluding carboxylic acids is 2. The summed E-state index contributed by atoms with van der Waals surface area (Å²) in [5, 5.41) is 2.82. The second-order valence-corrected chi connectivity index (χ2v) is 8.47. The Balaban J connectivity index is 1.60. The zero-order valence-electron chi connectivity index (χ0n) is 18.0. The highest BCUT2D eigenvalue weighted by molar-refractivity contribution is 6.14. The van der Waals surface area contributed by atoms with Crippen molar-refractivity contribution in [2.45, 2.75) is 50.7 Å². The predicted molar refractivity (Wildman–Crippen MR) is 123 cm³/mol. The maximum absolute atomic E-state index is 13.2. The van der Waals surface area contributed by atoms with Crippen LogP contribution in [0.3, 0.4) is 0 Å². The minimum Gasteiger partial charge on any atom is -0.325 e. The number of aliphatic imine (C=N–C) groups is 1. The van der Waals surface area contributed by atoms with Gasteiger partial charge in [0.25, 0.3) is 5.91 Å². The summed E-state index contributed by atoms with van der Waals surface area (Å²) < 4.78 is 0. The average molecular weight is 419 g/mol. The molecular formula is C25H30N4O2. The van der Waals surface area contributed by atoms with E-state index < -0.39 is 12.2 Å². The predicted octanol–water partition coefficient (Wildman–Crippen LogP) is 3.04. The van der Waals surface area contributed by atoms with Gasteiger partial charge in [0, 0.05) is 18.5 Å². The average Bonchev–Trinajstić information content (AvgIpc) is 2.91. The first kappa shape index (κ1) is 21.2. The number of nitrogens with two attached hydrogens (primary N) is 1. The van der Waals surface area contributed by atoms with Crippen molar-refractivity contribution in [3.63, 3.8) is 0 Å². The molecule has 0 saturated heterocycles. The first-order chi connectivity index (χ1) is 15.0. The molecule has 1 saturated carbocycles. The summed E-state index contributed by atoms with van der Waals surface area (Å²) in [7, 11) is 1.74. The molecule has 0 bridgehead atoms. The Hall–Kier alpha value is -2.99. The van der Waals surface area contributed by atoms with Crippen LogP contribution in [-0.2, 0) is 16.0 Å². The van der Waals surface area contributed by atoms with Crippen molar-refractivity contribution in [1.82, 2.24) is 5.32 Å². The number of carbonyl (C=O) groups is 2. The molecule has 2 amide bonds. The van der Waals surface area contributed by atoms with Gasteiger partial charge in [0.2, 0.25) is 12.1 Å². The van der Waals surface area contributed by atoms with Crippen LogP contribution in [0.15, 0.2) is 59.6 Å². The first-order valence-corrected chi connectivity index (χ1v) is 11.1. The Kier molecular flexibility index (Phi) is 6.47. The molecule has 1 aliphatic carbocycles. The van der Waals surface area contributed by atoms with Crippen LogP contribution in [-0.4, -0.2) is 36.8 Å². The monoisotopic (exact) mass is 418 g/mol. The number of amides is 2. The van der Waals surface area contributed by atoms with Crippen molar-refractivity contribution >= 4 is 23.2 Å². The van der Waals surface area contributed by atoms with Crippen LogP contribution in [0.4, 0.5) is 5.69 Å². The molecule has 1 heterocycles. The molecule has 0 aromatic heterocycles. The number of benzene rings is 2. The molecule has 6 heteroatoms. The molecule has 0 radical (unpaired) electrons. The third kappa shape index (κ3) is 4.69. The Morgan fingerprint density at radius 2 is 1.77 bits per heavy atom. The Labute approximate surface area is 183 Å². The minimum absolute atomic E-state index is 0.251. The maximum Gasteiger partial charge on any atom is 0.272 e. The van der Waals surface area contributed by atoms with Gasteiger partial charge in [-0.25, -0.2) is 0 Å². The lowest BCUT2D eigenvalue weighted by atomic mass is 9.83. The maximum atomic E-state index is 13.2. The number of fused-ring (bicyclic) bond motifs is 1. The number of hydrogen-bond acceptors (Lipinski definition) is 4. The number of para-hydroxylation sites is 1. The largest absolute Gasteiger partial charge is 0.325 e. The number of hydrogen-bond donors (Lipinski definition) is 2. The summed E-state index contributed by atoms with van der Waals surface area (Å²) in [6, 6.07) is 16.8. The molecule has 2 atom stereocenters. The third-order valence-corrected chi connectivity index (χ3v) is 6.28. The van der Waals surface area contributed by atoms with E-state index in [1.807, 2.05) is 54.6 Å². The van der Waals surface area contributed by atoms with Gasteiger partial charge >= 0.3 is 0 Å². The van der Waals surface area contributed by atoms with E-state index in [4.69, 9.17) is 10.7 Å². The SMILES string of the molecule is CN1C(=O)[C@@H](NC(=O)[C@H](N)Cc2ccccc2)N=C(C2CCCCC2)c2ccccc21. The molecule has 31 heavy (non-hydrogen) atoms. The number of anilines is 1. The Morgan fingerprint density at radius 1 is 1.10 bits per heavy atom. The highest BCUT2D eigenvalue weighted by Crippen LogP contribution is 2.33. The van der Waals surface area contributed by atoms with Gasteiger partial charge in [0.05, 0.1) is 17.4 Å². The molecule has 6 nitrogen and oxygen atoms in total. The molecule has 1 aliphatic heterocycles. The molecule has 0 unspecified atom stereocenters. The minimum atomic E-state index is -0.969. The van der Waals surface area contributed by atoms with Crippen molar-refractivity contribution in [2.24, 2.45) is 16.6 Å². The van der Waals surface area contributed by atoms with Crippen LogP contribution in [0.2, 0.25) is 0 Å². The molecule has 1 fully saturated rings. The molecular weight excluding hydrogens is 388 g/mol. The van der Waals surface area contributed by atoms with Gasteiger partial charge in [-0.1, -0.05) is 67.8 Å². The number of nitrogens with one attached hydrogen (secondary N) is 1. The fourth-order valence-corrected chi connectivity index (χ4v) is 4.55. The van der Waals surface area contributed by atoms with Gasteiger partial charge < -0.3 is 16.0 Å². The van der Waals surface area contributed by atoms with Crippen molar-refractivity contribution in [2.75, 3.05) is 11.9 Å². The lowest BCUT2D eigenvalue weighted by molar-refractivity contribution is -0.128. The van der Waals surface area contributed by atoms with E-state index in [-0.39, 0.29) is 11.8 Å². The fraction of sp³-hybridized carbons (Fsp3) is 0.400. The summed E-state index contributed by atoms with van der Waals surface area (Å²) >= 11 is 0. The molecule has 0 spiro atoms. The molecule has 2 aromatic carbocycles. The van der Waals surface area contributed by atoms with Gasteiger partial charge in [-0.2, -0.15) is 0 Å². The van der Waals surface area contributed by atoms with Gasteiger partial charge in [-0.15, -0.1) is 0 Å². The van der Waals surface area contributed by atoms with Crippen molar-refractivity contribution in [1.29, 1.82) is 0 Å².